The Labute approximate surface area is 136 Å². The first-order chi connectivity index (χ1) is 10.7. The maximum absolute atomic E-state index is 11.8. The van der Waals surface area contributed by atoms with Crippen molar-refractivity contribution in [2.45, 2.75) is 45.3 Å². The van der Waals surface area contributed by atoms with Gasteiger partial charge in [0.2, 0.25) is 5.91 Å². The number of anilines is 1. The number of hydrogen-bond donors (Lipinski definition) is 2. The molecule has 0 unspecified atom stereocenters. The van der Waals surface area contributed by atoms with Crippen molar-refractivity contribution < 1.29 is 14.3 Å². The van der Waals surface area contributed by atoms with Gasteiger partial charge in [0, 0.05) is 25.3 Å². The van der Waals surface area contributed by atoms with Gasteiger partial charge in [0.15, 0.2) is 0 Å². The van der Waals surface area contributed by atoms with Crippen LogP contribution in [0.2, 0.25) is 0 Å². The molecule has 126 valence electrons. The average Bonchev–Trinajstić information content (AvgIpc) is 2.46. The molecule has 1 aromatic rings. The predicted octanol–water partition coefficient (Wildman–Crippen LogP) is 1.67. The van der Waals surface area contributed by atoms with Crippen LogP contribution in [0.1, 0.15) is 44.0 Å². The summed E-state index contributed by atoms with van der Waals surface area (Å²) in [5, 5.41) is 2.90. The zero-order chi connectivity index (χ0) is 17.0. The van der Waals surface area contributed by atoms with E-state index in [4.69, 9.17) is 10.5 Å². The second kappa shape index (κ2) is 6.85. The first-order valence-corrected chi connectivity index (χ1v) is 7.75. The van der Waals surface area contributed by atoms with E-state index in [2.05, 4.69) is 15.2 Å². The van der Waals surface area contributed by atoms with Crippen LogP contribution in [0.15, 0.2) is 18.3 Å². The molecule has 2 rings (SSSR count). The van der Waals surface area contributed by atoms with Gasteiger partial charge in [0.05, 0.1) is 5.56 Å². The summed E-state index contributed by atoms with van der Waals surface area (Å²) in [4.78, 5) is 29.2. The monoisotopic (exact) mass is 320 g/mol. The Hall–Kier alpha value is -2.31. The van der Waals surface area contributed by atoms with Gasteiger partial charge in [-0.05, 0) is 45.7 Å². The lowest BCUT2D eigenvalue weighted by Gasteiger charge is -2.33. The smallest absolute Gasteiger partial charge is 0.407 e. The summed E-state index contributed by atoms with van der Waals surface area (Å²) in [6.45, 7) is 7.09. The van der Waals surface area contributed by atoms with Gasteiger partial charge in [-0.25, -0.2) is 9.78 Å². The van der Waals surface area contributed by atoms with Crippen molar-refractivity contribution in [3.8, 4) is 0 Å². The Morgan fingerprint density at radius 3 is 2.43 bits per heavy atom. The van der Waals surface area contributed by atoms with Crippen LogP contribution >= 0.6 is 0 Å². The van der Waals surface area contributed by atoms with E-state index in [0.29, 0.717) is 5.56 Å². The molecule has 0 aromatic carbocycles. The number of carbonyl (C=O) groups excluding carboxylic acids is 2. The number of alkyl carbamates (subject to hydrolysis) is 1. The zero-order valence-electron chi connectivity index (χ0n) is 13.8. The number of pyridine rings is 1. The van der Waals surface area contributed by atoms with E-state index in [0.717, 1.165) is 31.7 Å². The molecule has 0 spiro atoms. The van der Waals surface area contributed by atoms with Gasteiger partial charge in [-0.15, -0.1) is 0 Å². The molecule has 3 N–H and O–H groups in total. The number of carbonyl (C=O) groups is 2. The number of nitrogens with zero attached hydrogens (tertiary/aromatic N) is 2. The average molecular weight is 320 g/mol. The maximum atomic E-state index is 11.8. The van der Waals surface area contributed by atoms with Crippen LogP contribution in [0.5, 0.6) is 0 Å². The van der Waals surface area contributed by atoms with Crippen LogP contribution in [-0.4, -0.2) is 41.7 Å². The number of nitrogens with two attached hydrogens (primary N) is 1. The molecule has 1 saturated heterocycles. The first kappa shape index (κ1) is 17.1. The van der Waals surface area contributed by atoms with Crippen LogP contribution in [0.3, 0.4) is 0 Å². The Bertz CT molecular complexity index is 558. The fourth-order valence-electron chi connectivity index (χ4n) is 2.45. The molecular formula is C16H24N4O3. The second-order valence-corrected chi connectivity index (χ2v) is 6.68. The number of amides is 2. The number of rotatable bonds is 3. The van der Waals surface area contributed by atoms with Gasteiger partial charge in [-0.3, -0.25) is 4.79 Å². The third-order valence-corrected chi connectivity index (χ3v) is 3.57. The third-order valence-electron chi connectivity index (χ3n) is 3.57. The van der Waals surface area contributed by atoms with Crippen LogP contribution in [0.25, 0.3) is 0 Å². The van der Waals surface area contributed by atoms with E-state index in [1.165, 1.54) is 6.20 Å². The molecule has 1 fully saturated rings. The first-order valence-electron chi connectivity index (χ1n) is 7.75. The standard InChI is InChI=1S/C16H24N4O3/c1-16(2,3)23-15(22)19-12-6-8-20(9-7-12)13-5-4-11(10-18-13)14(17)21/h4-5,10,12H,6-9H2,1-3H3,(H2,17,21)(H,19,22). The van der Waals surface area contributed by atoms with Crippen molar-refractivity contribution in [2.75, 3.05) is 18.0 Å². The number of hydrogen-bond acceptors (Lipinski definition) is 5. The van der Waals surface area contributed by atoms with Crippen LogP contribution in [-0.2, 0) is 4.74 Å². The van der Waals surface area contributed by atoms with Gasteiger partial charge >= 0.3 is 6.09 Å². The van der Waals surface area contributed by atoms with Crippen molar-refractivity contribution >= 4 is 17.8 Å². The molecule has 2 heterocycles. The van der Waals surface area contributed by atoms with E-state index in [-0.39, 0.29) is 12.1 Å². The number of aromatic nitrogens is 1. The van der Waals surface area contributed by atoms with Crippen molar-refractivity contribution in [3.05, 3.63) is 23.9 Å². The summed E-state index contributed by atoms with van der Waals surface area (Å²) < 4.78 is 5.27. The lowest BCUT2D eigenvalue weighted by atomic mass is 10.1. The summed E-state index contributed by atoms with van der Waals surface area (Å²) in [5.74, 6) is 0.329. The molecule has 0 saturated carbocycles. The summed E-state index contributed by atoms with van der Waals surface area (Å²) >= 11 is 0. The molecule has 0 aliphatic carbocycles. The second-order valence-electron chi connectivity index (χ2n) is 6.68. The molecule has 7 nitrogen and oxygen atoms in total. The maximum Gasteiger partial charge on any atom is 0.407 e. The van der Waals surface area contributed by atoms with E-state index < -0.39 is 11.5 Å². The van der Waals surface area contributed by atoms with E-state index in [1.807, 2.05) is 20.8 Å². The highest BCUT2D eigenvalue weighted by Crippen LogP contribution is 2.18. The van der Waals surface area contributed by atoms with Gasteiger partial charge in [0.1, 0.15) is 11.4 Å². The summed E-state index contributed by atoms with van der Waals surface area (Å²) in [6, 6.07) is 3.57. The van der Waals surface area contributed by atoms with Crippen LogP contribution in [0.4, 0.5) is 10.6 Å². The minimum atomic E-state index is -0.489. The molecule has 0 atom stereocenters. The van der Waals surface area contributed by atoms with Crippen molar-refractivity contribution in [2.24, 2.45) is 5.73 Å². The van der Waals surface area contributed by atoms with E-state index >= 15 is 0 Å². The van der Waals surface area contributed by atoms with Crippen molar-refractivity contribution in [3.63, 3.8) is 0 Å². The molecule has 23 heavy (non-hydrogen) atoms. The third kappa shape index (κ3) is 5.12. The number of primary amides is 1. The SMILES string of the molecule is CC(C)(C)OC(=O)NC1CCN(c2ccc(C(N)=O)cn2)CC1. The van der Waals surface area contributed by atoms with E-state index in [9.17, 15) is 9.59 Å². The highest BCUT2D eigenvalue weighted by molar-refractivity contribution is 5.92. The van der Waals surface area contributed by atoms with E-state index in [1.54, 1.807) is 12.1 Å². The Morgan fingerprint density at radius 1 is 1.30 bits per heavy atom. The quantitative estimate of drug-likeness (QED) is 0.883. The van der Waals surface area contributed by atoms with Crippen molar-refractivity contribution in [1.29, 1.82) is 0 Å². The van der Waals surface area contributed by atoms with Gasteiger partial charge in [0.25, 0.3) is 0 Å². The minimum absolute atomic E-state index is 0.103. The molecule has 7 heteroatoms. The summed E-state index contributed by atoms with van der Waals surface area (Å²) in [5.41, 5.74) is 5.12. The molecule has 0 bridgehead atoms. The lowest BCUT2D eigenvalue weighted by Crippen LogP contribution is -2.46. The molecular weight excluding hydrogens is 296 g/mol. The molecule has 0 radical (unpaired) electrons. The Kier molecular flexibility index (Phi) is 5.08. The topological polar surface area (TPSA) is 97.5 Å². The number of piperidine rings is 1. The number of nitrogens with one attached hydrogen (secondary N) is 1. The normalized spacial score (nSPS) is 16.0. The summed E-state index contributed by atoms with van der Waals surface area (Å²) in [6.07, 6.45) is 2.75. The van der Waals surface area contributed by atoms with Gasteiger partial charge in [-0.2, -0.15) is 0 Å². The lowest BCUT2D eigenvalue weighted by molar-refractivity contribution is 0.0497. The van der Waals surface area contributed by atoms with Gasteiger partial charge < -0.3 is 20.7 Å². The molecule has 1 aliphatic heterocycles. The molecule has 1 aromatic heterocycles. The zero-order valence-corrected chi connectivity index (χ0v) is 13.8. The molecule has 1 aliphatic rings. The summed E-state index contributed by atoms with van der Waals surface area (Å²) in [7, 11) is 0. The Morgan fingerprint density at radius 2 is 1.96 bits per heavy atom. The van der Waals surface area contributed by atoms with Crippen LogP contribution in [0, 0.1) is 0 Å². The Balaban J connectivity index is 1.84. The highest BCUT2D eigenvalue weighted by Gasteiger charge is 2.24. The fourth-order valence-corrected chi connectivity index (χ4v) is 2.45. The number of ether oxygens (including phenoxy) is 1. The fraction of sp³-hybridized carbons (Fsp3) is 0.562. The highest BCUT2D eigenvalue weighted by atomic mass is 16.6. The largest absolute Gasteiger partial charge is 0.444 e. The van der Waals surface area contributed by atoms with Crippen LogP contribution < -0.4 is 16.0 Å². The van der Waals surface area contributed by atoms with Gasteiger partial charge in [-0.1, -0.05) is 0 Å². The predicted molar refractivity (Wildman–Crippen MR) is 87.4 cm³/mol. The molecule has 2 amide bonds. The minimum Gasteiger partial charge on any atom is -0.444 e. The van der Waals surface area contributed by atoms with Crippen molar-refractivity contribution in [1.82, 2.24) is 10.3 Å².